The number of alkyl carbamates (subject to hydrolysis) is 1. The van der Waals surface area contributed by atoms with E-state index >= 15 is 0 Å². The Hall–Kier alpha value is -1.08. The SMILES string of the molecule is C[Si](C)(C)CCOC(=O)NCCCCC(N)C(=O)O. The number of carbonyl (C=O) groups is 2. The number of amides is 1. The van der Waals surface area contributed by atoms with Gasteiger partial charge in [0.15, 0.2) is 0 Å². The predicted octanol–water partition coefficient (Wildman–Crippen LogP) is 1.63. The summed E-state index contributed by atoms with van der Waals surface area (Å²) in [6.45, 7) is 7.61. The van der Waals surface area contributed by atoms with Crippen LogP contribution in [0, 0.1) is 0 Å². The van der Waals surface area contributed by atoms with Crippen molar-refractivity contribution in [2.24, 2.45) is 5.73 Å². The second kappa shape index (κ2) is 8.92. The summed E-state index contributed by atoms with van der Waals surface area (Å²) in [5.41, 5.74) is 5.36. The normalized spacial score (nSPS) is 12.8. The zero-order valence-electron chi connectivity index (χ0n) is 12.1. The van der Waals surface area contributed by atoms with E-state index in [2.05, 4.69) is 25.0 Å². The lowest BCUT2D eigenvalue weighted by molar-refractivity contribution is -0.138. The van der Waals surface area contributed by atoms with E-state index in [1.807, 2.05) is 0 Å². The fourth-order valence-electron chi connectivity index (χ4n) is 1.30. The molecule has 112 valence electrons. The van der Waals surface area contributed by atoms with E-state index in [1.165, 1.54) is 0 Å². The molecule has 0 heterocycles. The lowest BCUT2D eigenvalue weighted by Gasteiger charge is -2.15. The van der Waals surface area contributed by atoms with Gasteiger partial charge in [0.1, 0.15) is 6.04 Å². The van der Waals surface area contributed by atoms with Crippen molar-refractivity contribution in [3.8, 4) is 0 Å². The third-order valence-electron chi connectivity index (χ3n) is 2.61. The molecule has 0 saturated carbocycles. The minimum absolute atomic E-state index is 0.402. The number of carbonyl (C=O) groups excluding carboxylic acids is 1. The molecule has 19 heavy (non-hydrogen) atoms. The van der Waals surface area contributed by atoms with Crippen LogP contribution in [0.15, 0.2) is 0 Å². The maximum atomic E-state index is 11.3. The lowest BCUT2D eigenvalue weighted by atomic mass is 10.1. The first-order chi connectivity index (χ1) is 8.72. The number of unbranched alkanes of at least 4 members (excludes halogenated alkanes) is 1. The molecule has 0 bridgehead atoms. The number of carboxylic acids is 1. The van der Waals surface area contributed by atoms with Gasteiger partial charge in [-0.15, -0.1) is 0 Å². The molecule has 0 saturated heterocycles. The van der Waals surface area contributed by atoms with Crippen molar-refractivity contribution in [1.29, 1.82) is 0 Å². The van der Waals surface area contributed by atoms with E-state index in [4.69, 9.17) is 15.6 Å². The molecular weight excluding hydrogens is 264 g/mol. The Morgan fingerprint density at radius 3 is 2.47 bits per heavy atom. The number of hydrogen-bond acceptors (Lipinski definition) is 4. The summed E-state index contributed by atoms with van der Waals surface area (Å²) >= 11 is 0. The zero-order valence-corrected chi connectivity index (χ0v) is 13.1. The van der Waals surface area contributed by atoms with E-state index in [-0.39, 0.29) is 0 Å². The highest BCUT2D eigenvalue weighted by atomic mass is 28.3. The molecule has 0 aromatic carbocycles. The fourth-order valence-corrected chi connectivity index (χ4v) is 2.02. The van der Waals surface area contributed by atoms with Gasteiger partial charge in [-0.2, -0.15) is 0 Å². The molecule has 6 nitrogen and oxygen atoms in total. The first-order valence-electron chi connectivity index (χ1n) is 6.61. The van der Waals surface area contributed by atoms with E-state index in [1.54, 1.807) is 0 Å². The summed E-state index contributed by atoms with van der Waals surface area (Å²) < 4.78 is 5.05. The second-order valence-corrected chi connectivity index (χ2v) is 11.4. The number of ether oxygens (including phenoxy) is 1. The first kappa shape index (κ1) is 17.9. The van der Waals surface area contributed by atoms with Gasteiger partial charge >= 0.3 is 12.1 Å². The molecule has 0 aliphatic carbocycles. The Kier molecular flexibility index (Phi) is 8.41. The van der Waals surface area contributed by atoms with Gasteiger partial charge in [-0.3, -0.25) is 4.79 Å². The Morgan fingerprint density at radius 1 is 1.32 bits per heavy atom. The van der Waals surface area contributed by atoms with Crippen molar-refractivity contribution in [3.05, 3.63) is 0 Å². The standard InChI is InChI=1S/C12H26N2O4Si/c1-19(2,3)9-8-18-12(17)14-7-5-4-6-10(13)11(15)16/h10H,4-9,13H2,1-3H3,(H,14,17)(H,15,16). The maximum Gasteiger partial charge on any atom is 0.407 e. The van der Waals surface area contributed by atoms with Crippen molar-refractivity contribution in [2.45, 2.75) is 51.0 Å². The Labute approximate surface area is 115 Å². The van der Waals surface area contributed by atoms with Crippen LogP contribution in [0.5, 0.6) is 0 Å². The van der Waals surface area contributed by atoms with Gasteiger partial charge in [0.25, 0.3) is 0 Å². The number of aliphatic carboxylic acids is 1. The van der Waals surface area contributed by atoms with Crippen LogP contribution in [0.4, 0.5) is 4.79 Å². The highest BCUT2D eigenvalue weighted by Gasteiger charge is 2.13. The molecule has 0 radical (unpaired) electrons. The van der Waals surface area contributed by atoms with Crippen molar-refractivity contribution >= 4 is 20.1 Å². The van der Waals surface area contributed by atoms with Gasteiger partial charge in [-0.25, -0.2) is 4.79 Å². The Morgan fingerprint density at radius 2 is 1.95 bits per heavy atom. The van der Waals surface area contributed by atoms with Crippen LogP contribution in [-0.4, -0.2) is 44.4 Å². The largest absolute Gasteiger partial charge is 0.480 e. The molecule has 0 fully saturated rings. The van der Waals surface area contributed by atoms with E-state index in [9.17, 15) is 9.59 Å². The lowest BCUT2D eigenvalue weighted by Crippen LogP contribution is -2.31. The molecule has 1 amide bonds. The van der Waals surface area contributed by atoms with Crippen molar-refractivity contribution in [2.75, 3.05) is 13.2 Å². The van der Waals surface area contributed by atoms with Crippen LogP contribution >= 0.6 is 0 Å². The third kappa shape index (κ3) is 11.7. The molecule has 1 atom stereocenters. The summed E-state index contributed by atoms with van der Waals surface area (Å²) in [6, 6.07) is 0.136. The molecule has 0 aliphatic heterocycles. The smallest absolute Gasteiger partial charge is 0.407 e. The molecule has 1 unspecified atom stereocenters. The van der Waals surface area contributed by atoms with Gasteiger partial charge in [-0.05, 0) is 25.3 Å². The minimum Gasteiger partial charge on any atom is -0.480 e. The molecular formula is C12H26N2O4Si. The molecule has 0 spiro atoms. The van der Waals surface area contributed by atoms with Crippen molar-refractivity contribution in [3.63, 3.8) is 0 Å². The van der Waals surface area contributed by atoms with Gasteiger partial charge in [0, 0.05) is 14.6 Å². The molecule has 0 aliphatic rings. The maximum absolute atomic E-state index is 11.3. The summed E-state index contributed by atoms with van der Waals surface area (Å²) in [7, 11) is -1.17. The Balaban J connectivity index is 3.47. The van der Waals surface area contributed by atoms with Gasteiger partial charge in [0.2, 0.25) is 0 Å². The number of rotatable bonds is 9. The van der Waals surface area contributed by atoms with Crippen LogP contribution in [0.25, 0.3) is 0 Å². The molecule has 4 N–H and O–H groups in total. The third-order valence-corrected chi connectivity index (χ3v) is 4.32. The van der Waals surface area contributed by atoms with Crippen LogP contribution in [0.2, 0.25) is 25.7 Å². The van der Waals surface area contributed by atoms with Crippen molar-refractivity contribution in [1.82, 2.24) is 5.32 Å². The van der Waals surface area contributed by atoms with E-state index in [0.717, 1.165) is 6.04 Å². The van der Waals surface area contributed by atoms with E-state index < -0.39 is 26.2 Å². The summed E-state index contributed by atoms with van der Waals surface area (Å²) in [6.07, 6.45) is 1.38. The number of carboxylic acid groups (broad SMARTS) is 1. The fraction of sp³-hybridized carbons (Fsp3) is 0.833. The molecule has 0 rings (SSSR count). The van der Waals surface area contributed by atoms with E-state index in [0.29, 0.717) is 32.4 Å². The monoisotopic (exact) mass is 290 g/mol. The number of nitrogens with two attached hydrogens (primary N) is 1. The minimum atomic E-state index is -1.17. The zero-order chi connectivity index (χ0) is 14.9. The van der Waals surface area contributed by atoms with Crippen LogP contribution in [0.3, 0.4) is 0 Å². The van der Waals surface area contributed by atoms with Gasteiger partial charge in [-0.1, -0.05) is 19.6 Å². The highest BCUT2D eigenvalue weighted by Crippen LogP contribution is 2.07. The summed E-state index contributed by atoms with van der Waals surface area (Å²) in [5, 5.41) is 11.2. The second-order valence-electron chi connectivity index (χ2n) is 5.81. The molecule has 0 aromatic heterocycles. The molecule has 7 heteroatoms. The average molecular weight is 290 g/mol. The van der Waals surface area contributed by atoms with Crippen LogP contribution in [-0.2, 0) is 9.53 Å². The van der Waals surface area contributed by atoms with Gasteiger partial charge < -0.3 is 20.9 Å². The average Bonchev–Trinajstić information content (AvgIpc) is 2.26. The Bertz CT molecular complexity index is 292. The van der Waals surface area contributed by atoms with Crippen LogP contribution < -0.4 is 11.1 Å². The summed E-state index contributed by atoms with van der Waals surface area (Å²) in [4.78, 5) is 21.8. The first-order valence-corrected chi connectivity index (χ1v) is 10.3. The predicted molar refractivity (Wildman–Crippen MR) is 77.0 cm³/mol. The van der Waals surface area contributed by atoms with Gasteiger partial charge in [0.05, 0.1) is 6.61 Å². The highest BCUT2D eigenvalue weighted by molar-refractivity contribution is 6.76. The number of hydrogen-bond donors (Lipinski definition) is 3. The topological polar surface area (TPSA) is 102 Å². The summed E-state index contributed by atoms with van der Waals surface area (Å²) in [5.74, 6) is -0.987. The quantitative estimate of drug-likeness (QED) is 0.442. The van der Waals surface area contributed by atoms with Crippen molar-refractivity contribution < 1.29 is 19.4 Å². The van der Waals surface area contributed by atoms with Crippen LogP contribution in [0.1, 0.15) is 19.3 Å². The molecule has 0 aromatic rings. The number of nitrogens with one attached hydrogen (secondary N) is 1.